The van der Waals surface area contributed by atoms with Gasteiger partial charge in [-0.05, 0) is 0 Å². The molecule has 0 spiro atoms. The maximum absolute atomic E-state index is 12.9. The first-order chi connectivity index (χ1) is 6.49. The van der Waals surface area contributed by atoms with Crippen molar-refractivity contribution in [3.8, 4) is 0 Å². The number of rotatable bonds is 2. The van der Waals surface area contributed by atoms with Gasteiger partial charge in [-0.15, -0.1) is 0 Å². The van der Waals surface area contributed by atoms with Gasteiger partial charge in [0.25, 0.3) is 0 Å². The summed E-state index contributed by atoms with van der Waals surface area (Å²) in [5.41, 5.74) is 3.84. The normalized spacial score (nSPS) is 13.0. The summed E-state index contributed by atoms with van der Waals surface area (Å²) in [5.74, 6) is -6.51. The third-order valence-corrected chi connectivity index (χ3v) is 1.68. The fourth-order valence-corrected chi connectivity index (χ4v) is 0.994. The molecule has 0 saturated carbocycles. The molecule has 0 aliphatic carbocycles. The third-order valence-electron chi connectivity index (χ3n) is 1.68. The van der Waals surface area contributed by atoms with Gasteiger partial charge in [0.2, 0.25) is 0 Å². The van der Waals surface area contributed by atoms with E-state index < -0.39 is 41.5 Å². The van der Waals surface area contributed by atoms with Crippen molar-refractivity contribution >= 4 is 0 Å². The van der Waals surface area contributed by atoms with Crippen molar-refractivity contribution in [1.82, 2.24) is 0 Å². The first kappa shape index (κ1) is 10.9. The second-order valence-corrected chi connectivity index (χ2v) is 2.64. The fourth-order valence-electron chi connectivity index (χ4n) is 0.994. The van der Waals surface area contributed by atoms with Gasteiger partial charge < -0.3 is 5.73 Å². The van der Waals surface area contributed by atoms with Gasteiger partial charge >= 0.3 is 0 Å². The van der Waals surface area contributed by atoms with Crippen molar-refractivity contribution in [2.75, 3.05) is 6.67 Å². The Morgan fingerprint density at radius 2 is 1.50 bits per heavy atom. The molecule has 1 rings (SSSR count). The van der Waals surface area contributed by atoms with Crippen molar-refractivity contribution in [2.24, 2.45) is 5.73 Å². The van der Waals surface area contributed by atoms with Gasteiger partial charge in [-0.3, -0.25) is 0 Å². The van der Waals surface area contributed by atoms with Crippen molar-refractivity contribution < 1.29 is 22.0 Å². The number of hydrogen-bond acceptors (Lipinski definition) is 1. The monoisotopic (exact) mass is 211 g/mol. The Hall–Kier alpha value is -1.17. The lowest BCUT2D eigenvalue weighted by molar-refractivity contribution is 0.386. The molecule has 1 atom stereocenters. The third kappa shape index (κ3) is 1.70. The molecule has 0 radical (unpaired) electrons. The summed E-state index contributed by atoms with van der Waals surface area (Å²) in [6, 6.07) is -1.67. The molecule has 0 saturated heterocycles. The lowest BCUT2D eigenvalue weighted by atomic mass is 10.1. The Labute approximate surface area is 76.3 Å². The zero-order valence-corrected chi connectivity index (χ0v) is 6.83. The predicted octanol–water partition coefficient (Wildman–Crippen LogP) is 2.21. The van der Waals surface area contributed by atoms with E-state index in [2.05, 4.69) is 0 Å². The molecule has 0 aliphatic rings. The van der Waals surface area contributed by atoms with Crippen LogP contribution in [0.15, 0.2) is 6.07 Å². The lowest BCUT2D eigenvalue weighted by Gasteiger charge is -2.10. The van der Waals surface area contributed by atoms with Crippen molar-refractivity contribution in [2.45, 2.75) is 6.04 Å². The Morgan fingerprint density at radius 1 is 1.07 bits per heavy atom. The van der Waals surface area contributed by atoms with Crippen LogP contribution >= 0.6 is 0 Å². The standard InChI is InChI=1S/C8H6F5N/c9-2-5(14)6-7(12)3(10)1-4(11)8(6)13/h1,5H,2,14H2/t5-/m1/s1. The van der Waals surface area contributed by atoms with E-state index in [1.165, 1.54) is 0 Å². The SMILES string of the molecule is N[C@H](CF)c1c(F)c(F)cc(F)c1F. The molecule has 1 aromatic rings. The molecular formula is C8H6F5N. The highest BCUT2D eigenvalue weighted by Gasteiger charge is 2.23. The van der Waals surface area contributed by atoms with Crippen LogP contribution in [-0.2, 0) is 0 Å². The van der Waals surface area contributed by atoms with Crippen LogP contribution in [0, 0.1) is 23.3 Å². The molecule has 0 unspecified atom stereocenters. The largest absolute Gasteiger partial charge is 0.322 e. The van der Waals surface area contributed by atoms with E-state index in [0.29, 0.717) is 0 Å². The van der Waals surface area contributed by atoms with E-state index >= 15 is 0 Å². The van der Waals surface area contributed by atoms with Gasteiger partial charge in [-0.1, -0.05) is 0 Å². The molecule has 14 heavy (non-hydrogen) atoms. The van der Waals surface area contributed by atoms with E-state index in [1.807, 2.05) is 0 Å². The molecule has 1 nitrogen and oxygen atoms in total. The molecule has 78 valence electrons. The summed E-state index contributed by atoms with van der Waals surface area (Å²) in [6.45, 7) is -1.31. The summed E-state index contributed by atoms with van der Waals surface area (Å²) < 4.78 is 62.8. The van der Waals surface area contributed by atoms with Crippen LogP contribution in [0.1, 0.15) is 11.6 Å². The molecule has 0 bridgehead atoms. The number of nitrogens with two attached hydrogens (primary N) is 1. The van der Waals surface area contributed by atoms with E-state index in [1.54, 1.807) is 0 Å². The zero-order chi connectivity index (χ0) is 10.9. The molecular weight excluding hydrogens is 205 g/mol. The number of halogens is 5. The maximum Gasteiger partial charge on any atom is 0.166 e. The molecule has 0 amide bonds. The Bertz CT molecular complexity index is 326. The summed E-state index contributed by atoms with van der Waals surface area (Å²) in [6.07, 6.45) is 0. The zero-order valence-electron chi connectivity index (χ0n) is 6.83. The number of benzene rings is 1. The maximum atomic E-state index is 12.9. The summed E-state index contributed by atoms with van der Waals surface area (Å²) >= 11 is 0. The van der Waals surface area contributed by atoms with Crippen molar-refractivity contribution in [3.05, 3.63) is 34.9 Å². The van der Waals surface area contributed by atoms with Crippen molar-refractivity contribution in [3.63, 3.8) is 0 Å². The average molecular weight is 211 g/mol. The van der Waals surface area contributed by atoms with Crippen LogP contribution in [0.2, 0.25) is 0 Å². The fraction of sp³-hybridized carbons (Fsp3) is 0.250. The Kier molecular flexibility index (Phi) is 3.05. The molecule has 2 N–H and O–H groups in total. The van der Waals surface area contributed by atoms with Crippen LogP contribution in [0.3, 0.4) is 0 Å². The van der Waals surface area contributed by atoms with Crippen LogP contribution in [-0.4, -0.2) is 6.67 Å². The van der Waals surface area contributed by atoms with E-state index in [0.717, 1.165) is 0 Å². The van der Waals surface area contributed by atoms with Crippen LogP contribution in [0.4, 0.5) is 22.0 Å². The summed E-state index contributed by atoms with van der Waals surface area (Å²) in [7, 11) is 0. The van der Waals surface area contributed by atoms with E-state index in [-0.39, 0.29) is 6.07 Å². The molecule has 0 aromatic heterocycles. The van der Waals surface area contributed by atoms with Gasteiger partial charge in [0.15, 0.2) is 23.3 Å². The minimum atomic E-state index is -1.71. The minimum absolute atomic E-state index is 0.0408. The topological polar surface area (TPSA) is 26.0 Å². The molecule has 6 heteroatoms. The van der Waals surface area contributed by atoms with E-state index in [4.69, 9.17) is 5.73 Å². The van der Waals surface area contributed by atoms with Gasteiger partial charge in [-0.25, -0.2) is 22.0 Å². The second-order valence-electron chi connectivity index (χ2n) is 2.64. The van der Waals surface area contributed by atoms with Gasteiger partial charge in [-0.2, -0.15) is 0 Å². The predicted molar refractivity (Wildman–Crippen MR) is 39.2 cm³/mol. The Morgan fingerprint density at radius 3 is 1.86 bits per heavy atom. The van der Waals surface area contributed by atoms with Gasteiger partial charge in [0, 0.05) is 11.6 Å². The van der Waals surface area contributed by atoms with Crippen LogP contribution in [0.25, 0.3) is 0 Å². The molecule has 0 fully saturated rings. The highest BCUT2D eigenvalue weighted by atomic mass is 19.2. The van der Waals surface area contributed by atoms with Crippen LogP contribution < -0.4 is 5.73 Å². The Balaban J connectivity index is 3.39. The number of hydrogen-bond donors (Lipinski definition) is 1. The quantitative estimate of drug-likeness (QED) is 0.589. The smallest absolute Gasteiger partial charge is 0.166 e. The van der Waals surface area contributed by atoms with E-state index in [9.17, 15) is 22.0 Å². The van der Waals surface area contributed by atoms with Crippen molar-refractivity contribution in [1.29, 1.82) is 0 Å². The highest BCUT2D eigenvalue weighted by Crippen LogP contribution is 2.24. The first-order valence-corrected chi connectivity index (χ1v) is 3.63. The molecule has 0 heterocycles. The average Bonchev–Trinajstić information content (AvgIpc) is 2.15. The summed E-state index contributed by atoms with van der Waals surface area (Å²) in [5, 5.41) is 0. The lowest BCUT2D eigenvalue weighted by Crippen LogP contribution is -2.18. The molecule has 0 aliphatic heterocycles. The second kappa shape index (κ2) is 3.91. The minimum Gasteiger partial charge on any atom is -0.322 e. The van der Waals surface area contributed by atoms with Gasteiger partial charge in [0.05, 0.1) is 6.04 Å². The highest BCUT2D eigenvalue weighted by molar-refractivity contribution is 5.25. The number of alkyl halides is 1. The molecule has 1 aromatic carbocycles. The summed E-state index contributed by atoms with van der Waals surface area (Å²) in [4.78, 5) is 0. The van der Waals surface area contributed by atoms with Gasteiger partial charge in [0.1, 0.15) is 6.67 Å². The van der Waals surface area contributed by atoms with Crippen LogP contribution in [0.5, 0.6) is 0 Å². The first-order valence-electron chi connectivity index (χ1n) is 3.63.